The van der Waals surface area contributed by atoms with E-state index in [1.807, 2.05) is 13.8 Å². The van der Waals surface area contributed by atoms with Gasteiger partial charge in [-0.05, 0) is 53.0 Å². The third-order valence-electron chi connectivity index (χ3n) is 3.91. The van der Waals surface area contributed by atoms with Crippen molar-refractivity contribution in [2.24, 2.45) is 11.7 Å². The highest BCUT2D eigenvalue weighted by Gasteiger charge is 2.36. The Morgan fingerprint density at radius 1 is 1.28 bits per heavy atom. The van der Waals surface area contributed by atoms with Gasteiger partial charge in [-0.15, -0.1) is 0 Å². The normalized spacial score (nSPS) is 14.4. The van der Waals surface area contributed by atoms with Crippen LogP contribution in [0.4, 0.5) is 0 Å². The molecule has 0 aromatic heterocycles. The van der Waals surface area contributed by atoms with Gasteiger partial charge in [-0.25, -0.2) is 0 Å². The van der Waals surface area contributed by atoms with Crippen LogP contribution >= 0.6 is 0 Å². The molecule has 0 spiro atoms. The molecule has 0 heterocycles. The van der Waals surface area contributed by atoms with Crippen molar-refractivity contribution in [2.45, 2.75) is 71.4 Å². The van der Waals surface area contributed by atoms with Crippen LogP contribution in [-0.4, -0.2) is 28.7 Å². The summed E-state index contributed by atoms with van der Waals surface area (Å²) in [7, 11) is 0. The fourth-order valence-electron chi connectivity index (χ4n) is 1.69. The molecule has 18 heavy (non-hydrogen) atoms. The van der Waals surface area contributed by atoms with Gasteiger partial charge in [-0.2, -0.15) is 0 Å². The Kier molecular flexibility index (Phi) is 6.86. The first kappa shape index (κ1) is 17.4. The maximum Gasteiger partial charge on any atom is 0.220 e. The van der Waals surface area contributed by atoms with Crippen LogP contribution < -0.4 is 11.1 Å². The molecule has 0 aliphatic heterocycles. The zero-order valence-corrected chi connectivity index (χ0v) is 12.5. The molecule has 108 valence electrons. The first-order chi connectivity index (χ1) is 8.14. The van der Waals surface area contributed by atoms with E-state index in [9.17, 15) is 9.90 Å². The van der Waals surface area contributed by atoms with Crippen molar-refractivity contribution < 1.29 is 9.90 Å². The van der Waals surface area contributed by atoms with Gasteiger partial charge in [0.05, 0.1) is 11.1 Å². The fourth-order valence-corrected chi connectivity index (χ4v) is 1.69. The van der Waals surface area contributed by atoms with Gasteiger partial charge in [0, 0.05) is 6.42 Å². The Morgan fingerprint density at radius 2 is 1.83 bits per heavy atom. The van der Waals surface area contributed by atoms with Crippen LogP contribution in [0, 0.1) is 5.92 Å². The number of hydrogen-bond acceptors (Lipinski definition) is 3. The zero-order valence-electron chi connectivity index (χ0n) is 12.5. The van der Waals surface area contributed by atoms with Crippen molar-refractivity contribution in [2.75, 3.05) is 6.54 Å². The predicted molar refractivity (Wildman–Crippen MR) is 75.2 cm³/mol. The summed E-state index contributed by atoms with van der Waals surface area (Å²) >= 11 is 0. The van der Waals surface area contributed by atoms with E-state index in [0.29, 0.717) is 18.9 Å². The molecule has 0 radical (unpaired) electrons. The van der Waals surface area contributed by atoms with Crippen molar-refractivity contribution in [3.05, 3.63) is 0 Å². The lowest BCUT2D eigenvalue weighted by Crippen LogP contribution is -2.57. The first-order valence-electron chi connectivity index (χ1n) is 6.87. The summed E-state index contributed by atoms with van der Waals surface area (Å²) in [4.78, 5) is 11.9. The van der Waals surface area contributed by atoms with E-state index in [4.69, 9.17) is 5.73 Å². The molecule has 0 aromatic rings. The maximum atomic E-state index is 11.9. The van der Waals surface area contributed by atoms with Gasteiger partial charge in [0.25, 0.3) is 0 Å². The fraction of sp³-hybridized carbons (Fsp3) is 0.929. The molecule has 0 rings (SSSR count). The lowest BCUT2D eigenvalue weighted by atomic mass is 9.85. The van der Waals surface area contributed by atoms with E-state index in [-0.39, 0.29) is 5.91 Å². The van der Waals surface area contributed by atoms with Gasteiger partial charge in [0.1, 0.15) is 0 Å². The van der Waals surface area contributed by atoms with Crippen molar-refractivity contribution in [1.82, 2.24) is 5.32 Å². The van der Waals surface area contributed by atoms with E-state index >= 15 is 0 Å². The molecule has 4 heteroatoms. The molecule has 1 unspecified atom stereocenters. The summed E-state index contributed by atoms with van der Waals surface area (Å²) in [6, 6.07) is 0. The lowest BCUT2D eigenvalue weighted by molar-refractivity contribution is -0.126. The summed E-state index contributed by atoms with van der Waals surface area (Å²) in [6.45, 7) is 9.88. The number of amides is 1. The van der Waals surface area contributed by atoms with E-state index < -0.39 is 11.1 Å². The molecule has 1 atom stereocenters. The summed E-state index contributed by atoms with van der Waals surface area (Å²) in [5.74, 6) is 0.517. The van der Waals surface area contributed by atoms with Gasteiger partial charge in [0.2, 0.25) is 5.91 Å². The molecule has 0 bridgehead atoms. The van der Waals surface area contributed by atoms with E-state index in [1.165, 1.54) is 0 Å². The van der Waals surface area contributed by atoms with E-state index in [0.717, 1.165) is 19.3 Å². The molecule has 4 N–H and O–H groups in total. The van der Waals surface area contributed by atoms with Gasteiger partial charge < -0.3 is 16.2 Å². The van der Waals surface area contributed by atoms with Gasteiger partial charge in [-0.3, -0.25) is 4.79 Å². The number of carbonyl (C=O) groups excluding carboxylic acids is 1. The van der Waals surface area contributed by atoms with Gasteiger partial charge in [-0.1, -0.05) is 13.3 Å². The molecule has 0 saturated carbocycles. The maximum absolute atomic E-state index is 11.9. The van der Waals surface area contributed by atoms with Crippen LogP contribution in [0.3, 0.4) is 0 Å². The molecule has 0 aromatic carbocycles. The Bertz CT molecular complexity index is 257. The summed E-state index contributed by atoms with van der Waals surface area (Å²) < 4.78 is 0. The summed E-state index contributed by atoms with van der Waals surface area (Å²) in [5.41, 5.74) is 3.97. The molecule has 1 amide bonds. The average Bonchev–Trinajstić information content (AvgIpc) is 2.21. The third kappa shape index (κ3) is 5.83. The number of nitrogens with one attached hydrogen (secondary N) is 1. The van der Waals surface area contributed by atoms with Crippen molar-refractivity contribution in [1.29, 1.82) is 0 Å². The minimum Gasteiger partial charge on any atom is -0.388 e. The van der Waals surface area contributed by atoms with Crippen molar-refractivity contribution >= 4 is 5.91 Å². The Labute approximate surface area is 111 Å². The Morgan fingerprint density at radius 3 is 2.22 bits per heavy atom. The topological polar surface area (TPSA) is 75.4 Å². The smallest absolute Gasteiger partial charge is 0.220 e. The number of carbonyl (C=O) groups is 1. The van der Waals surface area contributed by atoms with Crippen molar-refractivity contribution in [3.63, 3.8) is 0 Å². The molecule has 0 aliphatic rings. The quantitative estimate of drug-likeness (QED) is 0.621. The number of nitrogens with two attached hydrogens (primary N) is 1. The minimum atomic E-state index is -0.940. The minimum absolute atomic E-state index is 0.00223. The second-order valence-electron chi connectivity index (χ2n) is 6.12. The Balaban J connectivity index is 4.20. The molecule has 0 aliphatic carbocycles. The standard InChI is InChI=1S/C14H30N2O2/c1-6-11(9-10-15)7-8-12(17)16-13(2,3)14(4,5)18/h11,18H,6-10,15H2,1-5H3,(H,16,17). The highest BCUT2D eigenvalue weighted by Crippen LogP contribution is 2.21. The second kappa shape index (κ2) is 7.10. The zero-order chi connectivity index (χ0) is 14.4. The van der Waals surface area contributed by atoms with Crippen LogP contribution in [0.1, 0.15) is 60.3 Å². The second-order valence-corrected chi connectivity index (χ2v) is 6.12. The summed E-state index contributed by atoms with van der Waals surface area (Å²) in [6.07, 6.45) is 3.39. The van der Waals surface area contributed by atoms with E-state index in [2.05, 4.69) is 12.2 Å². The highest BCUT2D eigenvalue weighted by molar-refractivity contribution is 5.76. The largest absolute Gasteiger partial charge is 0.388 e. The van der Waals surface area contributed by atoms with Crippen molar-refractivity contribution in [3.8, 4) is 0 Å². The monoisotopic (exact) mass is 258 g/mol. The van der Waals surface area contributed by atoms with Crippen LogP contribution in [-0.2, 0) is 4.79 Å². The Hall–Kier alpha value is -0.610. The highest BCUT2D eigenvalue weighted by atomic mass is 16.3. The number of rotatable bonds is 8. The predicted octanol–water partition coefficient (Wildman–Crippen LogP) is 1.81. The third-order valence-corrected chi connectivity index (χ3v) is 3.91. The summed E-state index contributed by atoms with van der Waals surface area (Å²) in [5, 5.41) is 12.9. The SMILES string of the molecule is CCC(CCN)CCC(=O)NC(C)(C)C(C)(C)O. The molecule has 0 saturated heterocycles. The molecular formula is C14H30N2O2. The van der Waals surface area contributed by atoms with Crippen LogP contribution in [0.15, 0.2) is 0 Å². The van der Waals surface area contributed by atoms with Gasteiger partial charge in [0.15, 0.2) is 0 Å². The first-order valence-corrected chi connectivity index (χ1v) is 6.87. The van der Waals surface area contributed by atoms with Crippen LogP contribution in [0.2, 0.25) is 0 Å². The van der Waals surface area contributed by atoms with Crippen LogP contribution in [0.5, 0.6) is 0 Å². The van der Waals surface area contributed by atoms with Gasteiger partial charge >= 0.3 is 0 Å². The lowest BCUT2D eigenvalue weighted by Gasteiger charge is -2.38. The molecular weight excluding hydrogens is 228 g/mol. The molecule has 0 fully saturated rings. The molecule has 4 nitrogen and oxygen atoms in total. The average molecular weight is 258 g/mol. The van der Waals surface area contributed by atoms with E-state index in [1.54, 1.807) is 13.8 Å². The van der Waals surface area contributed by atoms with Crippen LogP contribution in [0.25, 0.3) is 0 Å². The number of aliphatic hydroxyl groups is 1. The number of hydrogen-bond donors (Lipinski definition) is 3.